The maximum absolute atomic E-state index is 12.1. The molecule has 1 aliphatic carbocycles. The maximum atomic E-state index is 12.1. The third kappa shape index (κ3) is 2.33. The van der Waals surface area contributed by atoms with Crippen LogP contribution in [0.4, 0.5) is 0 Å². The van der Waals surface area contributed by atoms with Gasteiger partial charge < -0.3 is 5.32 Å². The van der Waals surface area contributed by atoms with Gasteiger partial charge >= 0.3 is 0 Å². The first-order valence-corrected chi connectivity index (χ1v) is 8.69. The lowest BCUT2D eigenvalue weighted by molar-refractivity contribution is -0.121. The van der Waals surface area contributed by atoms with Crippen LogP contribution in [0.1, 0.15) is 37.3 Å². The van der Waals surface area contributed by atoms with E-state index in [1.807, 2.05) is 0 Å². The molecule has 1 spiro atoms. The highest BCUT2D eigenvalue weighted by molar-refractivity contribution is 7.90. The van der Waals surface area contributed by atoms with Crippen LogP contribution in [-0.2, 0) is 14.6 Å². The lowest BCUT2D eigenvalue weighted by Gasteiger charge is -2.23. The fourth-order valence-electron chi connectivity index (χ4n) is 3.08. The molecule has 1 atom stereocenters. The van der Waals surface area contributed by atoms with E-state index >= 15 is 0 Å². The lowest BCUT2D eigenvalue weighted by atomic mass is 10.1. The van der Waals surface area contributed by atoms with Gasteiger partial charge in [-0.2, -0.15) is 0 Å². The van der Waals surface area contributed by atoms with Gasteiger partial charge in [0.1, 0.15) is 6.04 Å². The Bertz CT molecular complexity index is 631. The van der Waals surface area contributed by atoms with Crippen molar-refractivity contribution in [2.75, 3.05) is 6.26 Å². The summed E-state index contributed by atoms with van der Waals surface area (Å²) in [6, 6.07) is 6.14. The van der Waals surface area contributed by atoms with Crippen LogP contribution in [0.2, 0.25) is 0 Å². The summed E-state index contributed by atoms with van der Waals surface area (Å²) in [5.41, 5.74) is 0.552. The second-order valence-electron chi connectivity index (χ2n) is 5.70. The molecular weight excluding hydrogens is 276 g/mol. The Morgan fingerprint density at radius 3 is 2.30 bits per heavy atom. The molecule has 108 valence electrons. The van der Waals surface area contributed by atoms with Crippen LogP contribution < -0.4 is 10.6 Å². The average Bonchev–Trinajstić information content (AvgIpc) is 2.96. The summed E-state index contributed by atoms with van der Waals surface area (Å²) in [6.07, 6.45) is 5.32. The molecule has 1 aromatic carbocycles. The van der Waals surface area contributed by atoms with Gasteiger partial charge in [0.05, 0.1) is 10.6 Å². The molecule has 1 heterocycles. The summed E-state index contributed by atoms with van der Waals surface area (Å²) in [7, 11) is -3.20. The molecular formula is C14H18N2O3S. The summed E-state index contributed by atoms with van der Waals surface area (Å²) < 4.78 is 22.9. The molecule has 3 rings (SSSR count). The lowest BCUT2D eigenvalue weighted by Crippen LogP contribution is -2.46. The molecule has 0 radical (unpaired) electrons. The van der Waals surface area contributed by atoms with Gasteiger partial charge in [-0.1, -0.05) is 12.1 Å². The van der Waals surface area contributed by atoms with Crippen molar-refractivity contribution in [3.63, 3.8) is 0 Å². The first-order valence-electron chi connectivity index (χ1n) is 6.79. The third-order valence-electron chi connectivity index (χ3n) is 4.14. The van der Waals surface area contributed by atoms with Crippen LogP contribution in [0.3, 0.4) is 0 Å². The highest BCUT2D eigenvalue weighted by Gasteiger charge is 2.45. The van der Waals surface area contributed by atoms with Crippen LogP contribution in [0.5, 0.6) is 0 Å². The Morgan fingerprint density at radius 1 is 1.15 bits per heavy atom. The van der Waals surface area contributed by atoms with E-state index in [9.17, 15) is 13.2 Å². The van der Waals surface area contributed by atoms with Gasteiger partial charge in [-0.05, 0) is 43.4 Å². The van der Waals surface area contributed by atoms with E-state index in [-0.39, 0.29) is 22.5 Å². The summed E-state index contributed by atoms with van der Waals surface area (Å²) in [5, 5.41) is 6.43. The quantitative estimate of drug-likeness (QED) is 0.857. The highest BCUT2D eigenvalue weighted by Crippen LogP contribution is 2.34. The minimum Gasteiger partial charge on any atom is -0.336 e. The SMILES string of the molecule is CS(=O)(=O)c1ccc([C@H]2NC3(CCCC3)NC2=O)cc1. The van der Waals surface area contributed by atoms with Crippen molar-refractivity contribution in [1.29, 1.82) is 0 Å². The zero-order valence-corrected chi connectivity index (χ0v) is 12.2. The minimum atomic E-state index is -3.20. The molecule has 1 aromatic rings. The Hall–Kier alpha value is -1.40. The molecule has 0 aromatic heterocycles. The minimum absolute atomic E-state index is 0.0287. The smallest absolute Gasteiger partial charge is 0.243 e. The normalized spacial score (nSPS) is 25.1. The molecule has 0 unspecified atom stereocenters. The molecule has 2 aliphatic rings. The monoisotopic (exact) mass is 294 g/mol. The number of hydrogen-bond donors (Lipinski definition) is 2. The average molecular weight is 294 g/mol. The van der Waals surface area contributed by atoms with Gasteiger partial charge in [-0.15, -0.1) is 0 Å². The van der Waals surface area contributed by atoms with Crippen molar-refractivity contribution < 1.29 is 13.2 Å². The van der Waals surface area contributed by atoms with Crippen molar-refractivity contribution in [2.24, 2.45) is 0 Å². The van der Waals surface area contributed by atoms with Gasteiger partial charge in [-0.3, -0.25) is 10.1 Å². The summed E-state index contributed by atoms with van der Waals surface area (Å²) >= 11 is 0. The van der Waals surface area contributed by atoms with Gasteiger partial charge in [0.15, 0.2) is 9.84 Å². The van der Waals surface area contributed by atoms with Gasteiger partial charge in [0.2, 0.25) is 5.91 Å². The third-order valence-corrected chi connectivity index (χ3v) is 5.27. The topological polar surface area (TPSA) is 75.3 Å². The van der Waals surface area contributed by atoms with Crippen LogP contribution in [0.25, 0.3) is 0 Å². The Kier molecular flexibility index (Phi) is 3.10. The Morgan fingerprint density at radius 2 is 1.75 bits per heavy atom. The molecule has 5 nitrogen and oxygen atoms in total. The predicted molar refractivity (Wildman–Crippen MR) is 74.8 cm³/mol. The van der Waals surface area contributed by atoms with Crippen molar-refractivity contribution in [3.8, 4) is 0 Å². The van der Waals surface area contributed by atoms with Crippen LogP contribution in [0, 0.1) is 0 Å². The van der Waals surface area contributed by atoms with Crippen molar-refractivity contribution in [3.05, 3.63) is 29.8 Å². The van der Waals surface area contributed by atoms with E-state index in [1.54, 1.807) is 24.3 Å². The standard InChI is InChI=1S/C14H18N2O3S/c1-20(18,19)11-6-4-10(5-7-11)12-13(17)16-14(15-12)8-2-3-9-14/h4-7,12,15H,2-3,8-9H2,1H3,(H,16,17)/t12-/m1/s1. The van der Waals surface area contributed by atoms with Crippen molar-refractivity contribution >= 4 is 15.7 Å². The molecule has 1 saturated carbocycles. The molecule has 1 amide bonds. The number of benzene rings is 1. The first kappa shape index (κ1) is 13.6. The van der Waals surface area contributed by atoms with Crippen molar-refractivity contribution in [2.45, 2.75) is 42.3 Å². The number of hydrogen-bond acceptors (Lipinski definition) is 4. The number of amides is 1. The fraction of sp³-hybridized carbons (Fsp3) is 0.500. The van der Waals surface area contributed by atoms with Crippen LogP contribution in [0.15, 0.2) is 29.2 Å². The van der Waals surface area contributed by atoms with E-state index in [0.717, 1.165) is 31.2 Å². The van der Waals surface area contributed by atoms with E-state index in [0.29, 0.717) is 0 Å². The van der Waals surface area contributed by atoms with E-state index in [1.165, 1.54) is 6.26 Å². The van der Waals surface area contributed by atoms with Gasteiger partial charge in [0, 0.05) is 6.26 Å². The number of rotatable bonds is 2. The largest absolute Gasteiger partial charge is 0.336 e. The number of sulfone groups is 1. The predicted octanol–water partition coefficient (Wildman–Crippen LogP) is 1.12. The van der Waals surface area contributed by atoms with E-state index < -0.39 is 9.84 Å². The summed E-state index contributed by atoms with van der Waals surface area (Å²) in [5.74, 6) is -0.0287. The van der Waals surface area contributed by atoms with E-state index in [2.05, 4.69) is 10.6 Å². The van der Waals surface area contributed by atoms with E-state index in [4.69, 9.17) is 0 Å². The number of carbonyl (C=O) groups excluding carboxylic acids is 1. The van der Waals surface area contributed by atoms with Crippen molar-refractivity contribution in [1.82, 2.24) is 10.6 Å². The summed E-state index contributed by atoms with van der Waals surface area (Å²) in [4.78, 5) is 12.4. The molecule has 6 heteroatoms. The van der Waals surface area contributed by atoms with Gasteiger partial charge in [0.25, 0.3) is 0 Å². The Labute approximate surface area is 118 Å². The molecule has 2 fully saturated rings. The highest BCUT2D eigenvalue weighted by atomic mass is 32.2. The zero-order chi connectivity index (χ0) is 14.4. The number of nitrogens with one attached hydrogen (secondary N) is 2. The van der Waals surface area contributed by atoms with Crippen LogP contribution in [-0.4, -0.2) is 26.2 Å². The Balaban J connectivity index is 1.85. The number of carbonyl (C=O) groups is 1. The molecule has 20 heavy (non-hydrogen) atoms. The fourth-order valence-corrected chi connectivity index (χ4v) is 3.71. The summed E-state index contributed by atoms with van der Waals surface area (Å²) in [6.45, 7) is 0. The molecule has 0 bridgehead atoms. The second kappa shape index (κ2) is 4.56. The maximum Gasteiger partial charge on any atom is 0.243 e. The zero-order valence-electron chi connectivity index (χ0n) is 11.3. The van der Waals surface area contributed by atoms with Gasteiger partial charge in [-0.25, -0.2) is 8.42 Å². The molecule has 1 saturated heterocycles. The molecule has 1 aliphatic heterocycles. The second-order valence-corrected chi connectivity index (χ2v) is 7.71. The van der Waals surface area contributed by atoms with Crippen LogP contribution >= 0.6 is 0 Å². The molecule has 2 N–H and O–H groups in total. The first-order chi connectivity index (χ1) is 9.40.